The first-order valence-corrected chi connectivity index (χ1v) is 9.32. The van der Waals surface area contributed by atoms with Crippen molar-refractivity contribution in [3.05, 3.63) is 36.0 Å². The summed E-state index contributed by atoms with van der Waals surface area (Å²) in [5, 5.41) is 2.96. The zero-order chi connectivity index (χ0) is 19.3. The second-order valence-electron chi connectivity index (χ2n) is 7.13. The van der Waals surface area contributed by atoms with E-state index in [0.717, 1.165) is 19.6 Å². The lowest BCUT2D eigenvalue weighted by atomic mass is 10.1. The molecular weight excluding hydrogens is 348 g/mol. The number of carbonyl (C=O) groups excluding carboxylic acids is 2. The van der Waals surface area contributed by atoms with Crippen LogP contribution in [-0.4, -0.2) is 48.9 Å². The van der Waals surface area contributed by atoms with Crippen molar-refractivity contribution >= 4 is 17.6 Å². The first-order chi connectivity index (χ1) is 12.9. The van der Waals surface area contributed by atoms with Crippen LogP contribution in [0.4, 0.5) is 5.69 Å². The zero-order valence-corrected chi connectivity index (χ0v) is 15.8. The third kappa shape index (κ3) is 5.23. The van der Waals surface area contributed by atoms with Gasteiger partial charge in [0.15, 0.2) is 5.57 Å². The summed E-state index contributed by atoms with van der Waals surface area (Å²) in [7, 11) is 0. The highest BCUT2D eigenvalue weighted by Crippen LogP contribution is 2.26. The van der Waals surface area contributed by atoms with Crippen LogP contribution in [0, 0.1) is 0 Å². The van der Waals surface area contributed by atoms with Crippen LogP contribution < -0.4 is 10.1 Å². The smallest absolute Gasteiger partial charge is 0.350 e. The van der Waals surface area contributed by atoms with Gasteiger partial charge in [-0.1, -0.05) is 18.6 Å². The normalized spacial score (nSPS) is 19.9. The van der Waals surface area contributed by atoms with Crippen LogP contribution in [0.2, 0.25) is 0 Å². The highest BCUT2D eigenvalue weighted by Gasteiger charge is 2.38. The standard InChI is InChI=1S/C20H26N2O5/c1-20(2)26-18(23)15(19(24)27-20)14-21-16-8-4-5-9-17(16)25-13-12-22-10-6-3-7-11-22/h4-5,8-9,14,21H,3,6-7,10-13H2,1-2H3. The summed E-state index contributed by atoms with van der Waals surface area (Å²) in [5.41, 5.74) is 0.478. The van der Waals surface area contributed by atoms with Crippen LogP contribution in [0.25, 0.3) is 0 Å². The third-order valence-electron chi connectivity index (χ3n) is 4.49. The van der Waals surface area contributed by atoms with Crippen molar-refractivity contribution in [1.29, 1.82) is 0 Å². The molecule has 0 unspecified atom stereocenters. The molecule has 3 rings (SSSR count). The fraction of sp³-hybridized carbons (Fsp3) is 0.500. The van der Waals surface area contributed by atoms with Gasteiger partial charge >= 0.3 is 11.9 Å². The van der Waals surface area contributed by atoms with E-state index >= 15 is 0 Å². The Hall–Kier alpha value is -2.54. The Morgan fingerprint density at radius 2 is 1.78 bits per heavy atom. The molecule has 2 aliphatic rings. The molecule has 146 valence electrons. The van der Waals surface area contributed by atoms with Crippen molar-refractivity contribution in [1.82, 2.24) is 4.90 Å². The van der Waals surface area contributed by atoms with E-state index in [1.54, 1.807) is 0 Å². The number of cyclic esters (lactones) is 2. The number of anilines is 1. The van der Waals surface area contributed by atoms with Crippen LogP contribution in [0.15, 0.2) is 36.0 Å². The predicted octanol–water partition coefficient (Wildman–Crippen LogP) is 2.68. The van der Waals surface area contributed by atoms with Gasteiger partial charge in [0.05, 0.1) is 5.69 Å². The summed E-state index contributed by atoms with van der Waals surface area (Å²) in [6, 6.07) is 7.38. The van der Waals surface area contributed by atoms with Gasteiger partial charge in [-0.25, -0.2) is 9.59 Å². The van der Waals surface area contributed by atoms with Crippen molar-refractivity contribution in [2.24, 2.45) is 0 Å². The second kappa shape index (κ2) is 8.43. The van der Waals surface area contributed by atoms with Gasteiger partial charge in [0, 0.05) is 26.6 Å². The van der Waals surface area contributed by atoms with E-state index < -0.39 is 17.7 Å². The number of likely N-dealkylation sites (tertiary alicyclic amines) is 1. The highest BCUT2D eigenvalue weighted by molar-refractivity contribution is 6.15. The minimum atomic E-state index is -1.25. The number of hydrogen-bond acceptors (Lipinski definition) is 7. The van der Waals surface area contributed by atoms with Crippen molar-refractivity contribution in [3.63, 3.8) is 0 Å². The summed E-state index contributed by atoms with van der Waals surface area (Å²) in [4.78, 5) is 26.4. The van der Waals surface area contributed by atoms with Crippen LogP contribution in [0.1, 0.15) is 33.1 Å². The molecule has 2 fully saturated rings. The van der Waals surface area contributed by atoms with Gasteiger partial charge in [-0.3, -0.25) is 4.90 Å². The number of esters is 2. The van der Waals surface area contributed by atoms with E-state index in [1.165, 1.54) is 39.3 Å². The number of ether oxygens (including phenoxy) is 3. The summed E-state index contributed by atoms with van der Waals surface area (Å²) in [6.07, 6.45) is 5.09. The highest BCUT2D eigenvalue weighted by atomic mass is 16.7. The van der Waals surface area contributed by atoms with Crippen molar-refractivity contribution in [2.75, 3.05) is 31.6 Å². The number of rotatable bonds is 6. The number of nitrogens with one attached hydrogen (secondary N) is 1. The molecule has 2 aliphatic heterocycles. The van der Waals surface area contributed by atoms with Gasteiger partial charge in [0.1, 0.15) is 12.4 Å². The molecule has 0 spiro atoms. The topological polar surface area (TPSA) is 77.1 Å². The zero-order valence-electron chi connectivity index (χ0n) is 15.8. The SMILES string of the molecule is CC1(C)OC(=O)C(=CNc2ccccc2OCCN2CCCCC2)C(=O)O1. The van der Waals surface area contributed by atoms with Gasteiger partial charge in [-0.2, -0.15) is 0 Å². The van der Waals surface area contributed by atoms with E-state index in [-0.39, 0.29) is 5.57 Å². The lowest BCUT2D eigenvalue weighted by Gasteiger charge is -2.29. The summed E-state index contributed by atoms with van der Waals surface area (Å²) >= 11 is 0. The molecule has 0 aromatic heterocycles. The number of carbonyl (C=O) groups is 2. The summed E-state index contributed by atoms with van der Waals surface area (Å²) < 4.78 is 16.1. The second-order valence-corrected chi connectivity index (χ2v) is 7.13. The third-order valence-corrected chi connectivity index (χ3v) is 4.49. The molecule has 0 aliphatic carbocycles. The molecule has 1 aromatic rings. The Kier molecular flexibility index (Phi) is 6.01. The van der Waals surface area contributed by atoms with Crippen LogP contribution >= 0.6 is 0 Å². The molecule has 7 heteroatoms. The van der Waals surface area contributed by atoms with E-state index in [4.69, 9.17) is 14.2 Å². The van der Waals surface area contributed by atoms with Gasteiger partial charge in [0.2, 0.25) is 0 Å². The molecular formula is C20H26N2O5. The monoisotopic (exact) mass is 374 g/mol. The molecule has 0 atom stereocenters. The minimum Gasteiger partial charge on any atom is -0.490 e. The largest absolute Gasteiger partial charge is 0.490 e. The van der Waals surface area contributed by atoms with Gasteiger partial charge in [-0.05, 0) is 38.1 Å². The lowest BCUT2D eigenvalue weighted by molar-refractivity contribution is -0.222. The Morgan fingerprint density at radius 3 is 2.48 bits per heavy atom. The number of nitrogens with zero attached hydrogens (tertiary/aromatic N) is 1. The molecule has 0 amide bonds. The van der Waals surface area contributed by atoms with Crippen LogP contribution in [0.5, 0.6) is 5.75 Å². The van der Waals surface area contributed by atoms with Crippen molar-refractivity contribution < 1.29 is 23.8 Å². The molecule has 2 heterocycles. The van der Waals surface area contributed by atoms with Crippen molar-refractivity contribution in [2.45, 2.75) is 38.9 Å². The summed E-state index contributed by atoms with van der Waals surface area (Å²) in [6.45, 7) is 6.72. The maximum Gasteiger partial charge on any atom is 0.350 e. The fourth-order valence-electron chi connectivity index (χ4n) is 3.11. The Labute approximate surface area is 159 Å². The lowest BCUT2D eigenvalue weighted by Crippen LogP contribution is -2.42. The average molecular weight is 374 g/mol. The Balaban J connectivity index is 1.60. The number of piperidine rings is 1. The molecule has 27 heavy (non-hydrogen) atoms. The maximum atomic E-state index is 12.0. The molecule has 7 nitrogen and oxygen atoms in total. The minimum absolute atomic E-state index is 0.183. The van der Waals surface area contributed by atoms with E-state index in [0.29, 0.717) is 18.0 Å². The number of hydrogen-bond donors (Lipinski definition) is 1. The van der Waals surface area contributed by atoms with Crippen LogP contribution in [-0.2, 0) is 19.1 Å². The maximum absolute atomic E-state index is 12.0. The first-order valence-electron chi connectivity index (χ1n) is 9.32. The van der Waals surface area contributed by atoms with E-state index in [9.17, 15) is 9.59 Å². The van der Waals surface area contributed by atoms with Crippen LogP contribution in [0.3, 0.4) is 0 Å². The summed E-state index contributed by atoms with van der Waals surface area (Å²) in [5.74, 6) is -2.02. The van der Waals surface area contributed by atoms with Crippen molar-refractivity contribution in [3.8, 4) is 5.75 Å². The Bertz CT molecular complexity index is 701. The van der Waals surface area contributed by atoms with E-state index in [2.05, 4.69) is 10.2 Å². The van der Waals surface area contributed by atoms with Gasteiger partial charge in [0.25, 0.3) is 5.79 Å². The molecule has 1 aromatic carbocycles. The first kappa shape index (κ1) is 19.2. The molecule has 1 N–H and O–H groups in total. The fourth-order valence-corrected chi connectivity index (χ4v) is 3.11. The quantitative estimate of drug-likeness (QED) is 0.466. The molecule has 2 saturated heterocycles. The molecule has 0 bridgehead atoms. The van der Waals surface area contributed by atoms with Gasteiger partial charge in [-0.15, -0.1) is 0 Å². The van der Waals surface area contributed by atoms with E-state index in [1.807, 2.05) is 24.3 Å². The number of benzene rings is 1. The van der Waals surface area contributed by atoms with Gasteiger partial charge < -0.3 is 19.5 Å². The molecule has 0 radical (unpaired) electrons. The molecule has 0 saturated carbocycles. The average Bonchev–Trinajstić information content (AvgIpc) is 2.62. The Morgan fingerprint density at radius 1 is 1.11 bits per heavy atom. The number of para-hydroxylation sites is 2. The predicted molar refractivity (Wildman–Crippen MR) is 100 cm³/mol.